The number of benzene rings is 1. The van der Waals surface area contributed by atoms with Crippen LogP contribution in [0, 0.1) is 12.7 Å². The number of hydrogen-bond donors (Lipinski definition) is 0. The molecule has 1 aromatic carbocycles. The predicted octanol–water partition coefficient (Wildman–Crippen LogP) is 3.95. The Labute approximate surface area is 189 Å². The second-order valence-corrected chi connectivity index (χ2v) is 9.15. The third-order valence-corrected chi connectivity index (χ3v) is 7.02. The van der Waals surface area contributed by atoms with Crippen LogP contribution in [0.3, 0.4) is 0 Å². The minimum Gasteiger partial charge on any atom is -0.335 e. The number of nitrogens with zero attached hydrogens (tertiary/aromatic N) is 5. The second-order valence-electron chi connectivity index (χ2n) is 8.12. The average molecular weight is 450 g/mol. The van der Waals surface area contributed by atoms with Gasteiger partial charge in [-0.3, -0.25) is 19.4 Å². The van der Waals surface area contributed by atoms with Crippen LogP contribution in [0.2, 0.25) is 0 Å². The van der Waals surface area contributed by atoms with Crippen molar-refractivity contribution in [3.63, 3.8) is 0 Å². The van der Waals surface area contributed by atoms with E-state index in [1.165, 1.54) is 29.0 Å². The van der Waals surface area contributed by atoms with E-state index in [2.05, 4.69) is 15.0 Å². The molecule has 0 N–H and O–H groups in total. The van der Waals surface area contributed by atoms with E-state index in [1.54, 1.807) is 12.1 Å². The molecule has 5 rings (SSSR count). The Balaban J connectivity index is 1.27. The van der Waals surface area contributed by atoms with Crippen LogP contribution in [0.25, 0.3) is 10.2 Å². The summed E-state index contributed by atoms with van der Waals surface area (Å²) in [5.74, 6) is -0.164. The average Bonchev–Trinajstić information content (AvgIpc) is 3.37. The number of halogens is 1. The first kappa shape index (κ1) is 20.8. The first-order valence-electron chi connectivity index (χ1n) is 10.7. The van der Waals surface area contributed by atoms with Gasteiger partial charge in [0.15, 0.2) is 0 Å². The molecule has 32 heavy (non-hydrogen) atoms. The van der Waals surface area contributed by atoms with Crippen LogP contribution >= 0.6 is 11.3 Å². The summed E-state index contributed by atoms with van der Waals surface area (Å²) >= 11 is 1.49. The van der Waals surface area contributed by atoms with Crippen LogP contribution in [0.4, 0.5) is 4.39 Å². The van der Waals surface area contributed by atoms with Crippen molar-refractivity contribution in [1.82, 2.24) is 24.6 Å². The maximum absolute atomic E-state index is 13.2. The van der Waals surface area contributed by atoms with Crippen LogP contribution in [-0.2, 0) is 13.1 Å². The first-order chi connectivity index (χ1) is 15.6. The Morgan fingerprint density at radius 2 is 1.69 bits per heavy atom. The third kappa shape index (κ3) is 4.28. The largest absolute Gasteiger partial charge is 0.335 e. The lowest BCUT2D eigenvalue weighted by molar-refractivity contribution is 0.0633. The molecule has 0 saturated carbocycles. The van der Waals surface area contributed by atoms with E-state index in [0.29, 0.717) is 6.54 Å². The summed E-state index contributed by atoms with van der Waals surface area (Å²) in [6, 6.07) is 12.5. The number of rotatable bonds is 5. The van der Waals surface area contributed by atoms with Crippen molar-refractivity contribution in [3.8, 4) is 0 Å². The number of thiophene rings is 1. The summed E-state index contributed by atoms with van der Waals surface area (Å²) in [7, 11) is 0. The fourth-order valence-electron chi connectivity index (χ4n) is 4.10. The molecule has 164 valence electrons. The number of piperazine rings is 1. The summed E-state index contributed by atoms with van der Waals surface area (Å²) in [6.45, 7) is 6.55. The Bertz CT molecular complexity index is 1230. The number of amides is 1. The van der Waals surface area contributed by atoms with Crippen molar-refractivity contribution in [2.45, 2.75) is 20.0 Å². The van der Waals surface area contributed by atoms with Crippen molar-refractivity contribution in [3.05, 3.63) is 82.4 Å². The predicted molar refractivity (Wildman–Crippen MR) is 123 cm³/mol. The van der Waals surface area contributed by atoms with Crippen LogP contribution in [0.15, 0.2) is 54.9 Å². The molecule has 1 amide bonds. The summed E-state index contributed by atoms with van der Waals surface area (Å²) in [6.07, 6.45) is 3.63. The van der Waals surface area contributed by atoms with Crippen molar-refractivity contribution in [2.75, 3.05) is 26.2 Å². The summed E-state index contributed by atoms with van der Waals surface area (Å²) < 4.78 is 15.1. The van der Waals surface area contributed by atoms with Gasteiger partial charge >= 0.3 is 0 Å². The highest BCUT2D eigenvalue weighted by Gasteiger charge is 2.25. The normalized spacial score (nSPS) is 14.9. The Morgan fingerprint density at radius 1 is 1.00 bits per heavy atom. The fraction of sp³-hybridized carbons (Fsp3) is 0.292. The molecule has 0 radical (unpaired) electrons. The van der Waals surface area contributed by atoms with Crippen LogP contribution < -0.4 is 0 Å². The van der Waals surface area contributed by atoms with E-state index in [0.717, 1.165) is 59.1 Å². The van der Waals surface area contributed by atoms with Gasteiger partial charge in [0.05, 0.1) is 17.1 Å². The zero-order valence-corrected chi connectivity index (χ0v) is 18.7. The second kappa shape index (κ2) is 8.80. The molecule has 1 fully saturated rings. The van der Waals surface area contributed by atoms with E-state index in [9.17, 15) is 9.18 Å². The highest BCUT2D eigenvalue weighted by molar-refractivity contribution is 7.20. The lowest BCUT2D eigenvalue weighted by Gasteiger charge is -2.34. The van der Waals surface area contributed by atoms with Gasteiger partial charge in [0, 0.05) is 50.5 Å². The quantitative estimate of drug-likeness (QED) is 0.463. The van der Waals surface area contributed by atoms with Crippen molar-refractivity contribution >= 4 is 27.5 Å². The van der Waals surface area contributed by atoms with E-state index in [1.807, 2.05) is 47.1 Å². The summed E-state index contributed by atoms with van der Waals surface area (Å²) in [5.41, 5.74) is 3.12. The molecule has 1 saturated heterocycles. The molecule has 0 spiro atoms. The van der Waals surface area contributed by atoms with Crippen LogP contribution in [0.1, 0.15) is 26.5 Å². The van der Waals surface area contributed by atoms with Gasteiger partial charge in [-0.1, -0.05) is 12.1 Å². The number of carbonyl (C=O) groups excluding carboxylic acids is 1. The fourth-order valence-corrected chi connectivity index (χ4v) is 5.23. The van der Waals surface area contributed by atoms with Gasteiger partial charge in [-0.05, 0) is 48.4 Å². The van der Waals surface area contributed by atoms with Gasteiger partial charge in [0.1, 0.15) is 10.6 Å². The van der Waals surface area contributed by atoms with Gasteiger partial charge < -0.3 is 4.90 Å². The molecular weight excluding hydrogens is 425 g/mol. The number of aromatic nitrogens is 3. The Hall–Kier alpha value is -3.10. The topological polar surface area (TPSA) is 54.3 Å². The van der Waals surface area contributed by atoms with E-state index in [4.69, 9.17) is 0 Å². The van der Waals surface area contributed by atoms with Crippen molar-refractivity contribution in [1.29, 1.82) is 0 Å². The number of fused-ring (bicyclic) bond motifs is 1. The number of carbonyl (C=O) groups is 1. The molecule has 8 heteroatoms. The Kier molecular flexibility index (Phi) is 5.71. The van der Waals surface area contributed by atoms with E-state index in [-0.39, 0.29) is 11.7 Å². The molecule has 4 heterocycles. The highest BCUT2D eigenvalue weighted by Crippen LogP contribution is 2.30. The minimum atomic E-state index is -0.250. The molecule has 4 aromatic rings. The van der Waals surface area contributed by atoms with Crippen molar-refractivity contribution in [2.24, 2.45) is 0 Å². The molecule has 0 bridgehead atoms. The van der Waals surface area contributed by atoms with E-state index >= 15 is 0 Å². The zero-order chi connectivity index (χ0) is 22.1. The smallest absolute Gasteiger partial charge is 0.264 e. The molecule has 1 aliphatic rings. The van der Waals surface area contributed by atoms with Crippen LogP contribution in [-0.4, -0.2) is 56.7 Å². The highest BCUT2D eigenvalue weighted by atomic mass is 32.1. The van der Waals surface area contributed by atoms with Gasteiger partial charge in [-0.25, -0.2) is 4.39 Å². The molecule has 0 aliphatic carbocycles. The van der Waals surface area contributed by atoms with Crippen LogP contribution in [0.5, 0.6) is 0 Å². The molecule has 0 unspecified atom stereocenters. The van der Waals surface area contributed by atoms with Gasteiger partial charge in [0.25, 0.3) is 5.91 Å². The van der Waals surface area contributed by atoms with Gasteiger partial charge in [-0.2, -0.15) is 5.10 Å². The maximum atomic E-state index is 13.2. The molecule has 1 aliphatic heterocycles. The first-order valence-corrected chi connectivity index (χ1v) is 11.5. The maximum Gasteiger partial charge on any atom is 0.264 e. The number of pyridine rings is 1. The summed E-state index contributed by atoms with van der Waals surface area (Å²) in [5, 5.41) is 5.64. The third-order valence-electron chi connectivity index (χ3n) is 5.88. The Morgan fingerprint density at radius 3 is 2.41 bits per heavy atom. The SMILES string of the molecule is Cc1nn(Cc2ccc(F)cc2)c2sc(C(=O)N3CCN(Cc4ccncc4)CC3)cc12. The molecule has 3 aromatic heterocycles. The number of hydrogen-bond acceptors (Lipinski definition) is 5. The monoisotopic (exact) mass is 449 g/mol. The number of aryl methyl sites for hydroxylation is 1. The standard InChI is InChI=1S/C24H24FN5OS/c1-17-21-14-22(32-24(21)30(27-17)16-18-2-4-20(25)5-3-18)23(31)29-12-10-28(11-13-29)15-19-6-8-26-9-7-19/h2-9,14H,10-13,15-16H2,1H3. The minimum absolute atomic E-state index is 0.0856. The summed E-state index contributed by atoms with van der Waals surface area (Å²) in [4.78, 5) is 23.3. The molecular formula is C24H24FN5OS. The molecule has 0 atom stereocenters. The molecule has 6 nitrogen and oxygen atoms in total. The van der Waals surface area contributed by atoms with E-state index < -0.39 is 0 Å². The zero-order valence-electron chi connectivity index (χ0n) is 17.9. The van der Waals surface area contributed by atoms with Crippen molar-refractivity contribution < 1.29 is 9.18 Å². The van der Waals surface area contributed by atoms with Gasteiger partial charge in [-0.15, -0.1) is 11.3 Å². The van der Waals surface area contributed by atoms with Gasteiger partial charge in [0.2, 0.25) is 0 Å². The lowest BCUT2D eigenvalue weighted by Crippen LogP contribution is -2.48. The lowest BCUT2D eigenvalue weighted by atomic mass is 10.2.